The Bertz CT molecular complexity index is 609. The Morgan fingerprint density at radius 3 is 2.89 bits per heavy atom. The Morgan fingerprint density at radius 2 is 2.28 bits per heavy atom. The Morgan fingerprint density at radius 1 is 1.56 bits per heavy atom. The molecule has 96 valence electrons. The van der Waals surface area contributed by atoms with E-state index in [1.807, 2.05) is 11.5 Å². The molecule has 0 fully saturated rings. The monoisotopic (exact) mass is 269 g/mol. The Hall–Kier alpha value is -1.66. The van der Waals surface area contributed by atoms with Gasteiger partial charge >= 0.3 is 0 Å². The molecule has 0 saturated carbocycles. The molecule has 0 spiro atoms. The van der Waals surface area contributed by atoms with Gasteiger partial charge in [0.15, 0.2) is 0 Å². The number of halogens is 1. The number of nitrogens with zero attached hydrogens (tertiary/aromatic N) is 3. The maximum absolute atomic E-state index is 10.8. The van der Waals surface area contributed by atoms with E-state index in [-0.39, 0.29) is 10.7 Å². The molecule has 2 aromatic rings. The number of methoxy groups -OCH3 is 1. The summed E-state index contributed by atoms with van der Waals surface area (Å²) in [5.41, 5.74) is 1.11. The molecule has 2 rings (SSSR count). The molecule has 18 heavy (non-hydrogen) atoms. The molecule has 7 heteroatoms. The number of rotatable bonds is 4. The Balaban J connectivity index is 2.60. The van der Waals surface area contributed by atoms with Crippen LogP contribution in [0.15, 0.2) is 12.1 Å². The highest BCUT2D eigenvalue weighted by atomic mass is 35.5. The van der Waals surface area contributed by atoms with Crippen molar-refractivity contribution in [2.24, 2.45) is 0 Å². The van der Waals surface area contributed by atoms with E-state index in [1.165, 1.54) is 6.07 Å². The summed E-state index contributed by atoms with van der Waals surface area (Å²) in [5, 5.41) is 10.9. The fraction of sp³-hybridized carbons (Fsp3) is 0.364. The molecule has 0 aliphatic carbocycles. The molecule has 6 nitrogen and oxygen atoms in total. The van der Waals surface area contributed by atoms with Crippen molar-refractivity contribution < 1.29 is 9.66 Å². The third-order valence-electron chi connectivity index (χ3n) is 2.75. The normalized spacial score (nSPS) is 11.1. The zero-order valence-corrected chi connectivity index (χ0v) is 10.8. The van der Waals surface area contributed by atoms with Crippen LogP contribution in [-0.4, -0.2) is 28.2 Å². The quantitative estimate of drug-likeness (QED) is 0.632. The highest BCUT2D eigenvalue weighted by Gasteiger charge is 2.19. The van der Waals surface area contributed by atoms with Gasteiger partial charge in [0.1, 0.15) is 16.4 Å². The predicted octanol–water partition coefficient (Wildman–Crippen LogP) is 2.55. The number of fused-ring (bicyclic) bond motifs is 1. The van der Waals surface area contributed by atoms with Crippen molar-refractivity contribution >= 4 is 28.3 Å². The number of aryl methyl sites for hydroxylation is 1. The number of nitro benzene ring substituents is 1. The van der Waals surface area contributed by atoms with Crippen molar-refractivity contribution in [3.63, 3.8) is 0 Å². The summed E-state index contributed by atoms with van der Waals surface area (Å²) < 4.78 is 6.95. The lowest BCUT2D eigenvalue weighted by molar-refractivity contribution is -0.384. The smallest absolute Gasteiger partial charge is 0.290 e. The van der Waals surface area contributed by atoms with E-state index in [0.717, 1.165) is 11.3 Å². The number of aromatic nitrogens is 2. The molecule has 0 saturated heterocycles. The average Bonchev–Trinajstić information content (AvgIpc) is 2.64. The van der Waals surface area contributed by atoms with Gasteiger partial charge in [0.25, 0.3) is 5.69 Å². The van der Waals surface area contributed by atoms with Gasteiger partial charge in [0.2, 0.25) is 0 Å². The van der Waals surface area contributed by atoms with E-state index < -0.39 is 4.92 Å². The topological polar surface area (TPSA) is 70.2 Å². The summed E-state index contributed by atoms with van der Waals surface area (Å²) in [6.07, 6.45) is 0. The molecule has 0 aliphatic rings. The molecule has 0 radical (unpaired) electrons. The van der Waals surface area contributed by atoms with E-state index >= 15 is 0 Å². The first-order valence-electron chi connectivity index (χ1n) is 5.35. The van der Waals surface area contributed by atoms with Gasteiger partial charge < -0.3 is 9.30 Å². The van der Waals surface area contributed by atoms with Crippen molar-refractivity contribution in [3.8, 4) is 0 Å². The van der Waals surface area contributed by atoms with Crippen LogP contribution in [0.4, 0.5) is 5.69 Å². The Labute approximate surface area is 108 Å². The second kappa shape index (κ2) is 4.91. The lowest BCUT2D eigenvalue weighted by atomic mass is 10.2. The second-order valence-electron chi connectivity index (χ2n) is 3.83. The zero-order valence-electron chi connectivity index (χ0n) is 10.0. The van der Waals surface area contributed by atoms with E-state index in [1.54, 1.807) is 13.2 Å². The van der Waals surface area contributed by atoms with Crippen LogP contribution in [0.3, 0.4) is 0 Å². The van der Waals surface area contributed by atoms with Crippen LogP contribution in [0.2, 0.25) is 5.02 Å². The fourth-order valence-corrected chi connectivity index (χ4v) is 2.14. The van der Waals surface area contributed by atoms with Gasteiger partial charge in [-0.1, -0.05) is 11.6 Å². The molecule has 0 aliphatic heterocycles. The minimum absolute atomic E-state index is 0.0803. The SMILES string of the molecule is COCCn1c(C)nc2c(Cl)c([N+](=O)[O-])ccc21. The average molecular weight is 270 g/mol. The van der Waals surface area contributed by atoms with Crippen molar-refractivity contribution in [1.29, 1.82) is 0 Å². The summed E-state index contributed by atoms with van der Waals surface area (Å²) in [6.45, 7) is 3.01. The summed E-state index contributed by atoms with van der Waals surface area (Å²) in [5.74, 6) is 0.754. The van der Waals surface area contributed by atoms with E-state index in [0.29, 0.717) is 18.7 Å². The van der Waals surface area contributed by atoms with Crippen LogP contribution in [-0.2, 0) is 11.3 Å². The number of imidazole rings is 1. The fourth-order valence-electron chi connectivity index (χ4n) is 1.87. The molecule has 0 N–H and O–H groups in total. The summed E-state index contributed by atoms with van der Waals surface area (Å²) in [7, 11) is 1.62. The first-order chi connectivity index (χ1) is 8.56. The third-order valence-corrected chi connectivity index (χ3v) is 3.12. The van der Waals surface area contributed by atoms with Crippen molar-refractivity contribution in [2.75, 3.05) is 13.7 Å². The van der Waals surface area contributed by atoms with E-state index in [9.17, 15) is 10.1 Å². The van der Waals surface area contributed by atoms with Crippen LogP contribution in [0.5, 0.6) is 0 Å². The maximum atomic E-state index is 10.8. The standard InChI is InChI=1S/C11H12ClN3O3/c1-7-13-11-9(14(7)5-6-18-2)4-3-8(10(11)12)15(16)17/h3-4H,5-6H2,1-2H3. The molecular formula is C11H12ClN3O3. The molecule has 1 aromatic carbocycles. The number of benzene rings is 1. The summed E-state index contributed by atoms with van der Waals surface area (Å²) in [6, 6.07) is 3.06. The molecule has 1 aromatic heterocycles. The number of hydrogen-bond acceptors (Lipinski definition) is 4. The molecule has 0 amide bonds. The maximum Gasteiger partial charge on any atom is 0.290 e. The number of ether oxygens (including phenoxy) is 1. The lowest BCUT2D eigenvalue weighted by Gasteiger charge is -2.05. The molecular weight excluding hydrogens is 258 g/mol. The van der Waals surface area contributed by atoms with Crippen molar-refractivity contribution in [1.82, 2.24) is 9.55 Å². The van der Waals surface area contributed by atoms with Gasteiger partial charge in [0, 0.05) is 19.7 Å². The first-order valence-corrected chi connectivity index (χ1v) is 5.72. The Kier molecular flexibility index (Phi) is 3.49. The van der Waals surface area contributed by atoms with Crippen LogP contribution in [0.1, 0.15) is 5.82 Å². The van der Waals surface area contributed by atoms with Crippen LogP contribution >= 0.6 is 11.6 Å². The van der Waals surface area contributed by atoms with Gasteiger partial charge in [-0.25, -0.2) is 4.98 Å². The van der Waals surface area contributed by atoms with Crippen molar-refractivity contribution in [3.05, 3.63) is 33.1 Å². The van der Waals surface area contributed by atoms with Crippen LogP contribution in [0, 0.1) is 17.0 Å². The van der Waals surface area contributed by atoms with Gasteiger partial charge in [-0.2, -0.15) is 0 Å². The van der Waals surface area contributed by atoms with Crippen molar-refractivity contribution in [2.45, 2.75) is 13.5 Å². The van der Waals surface area contributed by atoms with Gasteiger partial charge in [-0.15, -0.1) is 0 Å². The van der Waals surface area contributed by atoms with Crippen LogP contribution in [0.25, 0.3) is 11.0 Å². The largest absolute Gasteiger partial charge is 0.383 e. The predicted molar refractivity (Wildman–Crippen MR) is 68.0 cm³/mol. The molecule has 0 atom stereocenters. The third kappa shape index (κ3) is 2.04. The minimum Gasteiger partial charge on any atom is -0.383 e. The van der Waals surface area contributed by atoms with Gasteiger partial charge in [0.05, 0.1) is 17.0 Å². The lowest BCUT2D eigenvalue weighted by Crippen LogP contribution is -2.05. The molecule has 1 heterocycles. The number of hydrogen-bond donors (Lipinski definition) is 0. The van der Waals surface area contributed by atoms with Gasteiger partial charge in [-0.05, 0) is 13.0 Å². The summed E-state index contributed by atoms with van der Waals surface area (Å²) in [4.78, 5) is 14.6. The molecule has 0 bridgehead atoms. The van der Waals surface area contributed by atoms with Gasteiger partial charge in [-0.3, -0.25) is 10.1 Å². The molecule has 0 unspecified atom stereocenters. The number of nitro groups is 1. The van der Waals surface area contributed by atoms with E-state index in [4.69, 9.17) is 16.3 Å². The first kappa shape index (κ1) is 12.8. The highest BCUT2D eigenvalue weighted by molar-refractivity contribution is 6.37. The highest BCUT2D eigenvalue weighted by Crippen LogP contribution is 2.32. The second-order valence-corrected chi connectivity index (χ2v) is 4.20. The van der Waals surface area contributed by atoms with E-state index in [2.05, 4.69) is 4.98 Å². The summed E-state index contributed by atoms with van der Waals surface area (Å²) >= 11 is 6.01. The minimum atomic E-state index is -0.509. The zero-order chi connectivity index (χ0) is 13.3. The van der Waals surface area contributed by atoms with Crippen LogP contribution < -0.4 is 0 Å².